The highest BCUT2D eigenvalue weighted by Gasteiger charge is 2.52. The molecule has 4 heterocycles. The molecule has 7 nitrogen and oxygen atoms in total. The standard InChI is InChI=1S/C16H16N4O3S/c1-10-2-4-19-12(6-10)17-11(7-13(19)21)8-20-14(22)16(18-15(20)23)3-5-24-9-16/h2,4,6-7H,3,5,8-9H2,1H3,(H,18,23)/t16-/m1/s1. The van der Waals surface area contributed by atoms with E-state index in [1.807, 2.05) is 13.0 Å². The molecule has 124 valence electrons. The zero-order chi connectivity index (χ0) is 16.9. The first kappa shape index (κ1) is 15.2. The van der Waals surface area contributed by atoms with Gasteiger partial charge in [0.15, 0.2) is 0 Å². The van der Waals surface area contributed by atoms with Gasteiger partial charge in [-0.2, -0.15) is 11.8 Å². The van der Waals surface area contributed by atoms with Crippen LogP contribution in [0, 0.1) is 6.92 Å². The Morgan fingerprint density at radius 1 is 1.33 bits per heavy atom. The van der Waals surface area contributed by atoms with Gasteiger partial charge in [0.2, 0.25) is 0 Å². The van der Waals surface area contributed by atoms with Gasteiger partial charge >= 0.3 is 6.03 Å². The van der Waals surface area contributed by atoms with Crippen LogP contribution in [-0.4, -0.2) is 43.3 Å². The fourth-order valence-electron chi connectivity index (χ4n) is 3.15. The third-order valence-corrected chi connectivity index (χ3v) is 5.65. The summed E-state index contributed by atoms with van der Waals surface area (Å²) in [6.45, 7) is 1.93. The number of rotatable bonds is 2. The number of hydrogen-bond acceptors (Lipinski definition) is 5. The van der Waals surface area contributed by atoms with Gasteiger partial charge in [-0.1, -0.05) is 0 Å². The fraction of sp³-hybridized carbons (Fsp3) is 0.375. The van der Waals surface area contributed by atoms with Crippen LogP contribution in [0.25, 0.3) is 5.65 Å². The molecule has 0 unspecified atom stereocenters. The Kier molecular flexibility index (Phi) is 3.38. The Hall–Kier alpha value is -2.35. The monoisotopic (exact) mass is 344 g/mol. The summed E-state index contributed by atoms with van der Waals surface area (Å²) in [6, 6.07) is 4.59. The van der Waals surface area contributed by atoms with E-state index in [0.29, 0.717) is 23.5 Å². The maximum absolute atomic E-state index is 12.7. The minimum Gasteiger partial charge on any atom is -0.322 e. The molecule has 0 radical (unpaired) electrons. The van der Waals surface area contributed by atoms with Gasteiger partial charge in [-0.05, 0) is 36.8 Å². The quantitative estimate of drug-likeness (QED) is 0.820. The van der Waals surface area contributed by atoms with Gasteiger partial charge in [-0.15, -0.1) is 0 Å². The molecule has 2 aromatic rings. The minimum atomic E-state index is -0.774. The highest BCUT2D eigenvalue weighted by molar-refractivity contribution is 7.99. The number of carbonyl (C=O) groups is 2. The Balaban J connectivity index is 1.68. The lowest BCUT2D eigenvalue weighted by Crippen LogP contribution is -2.46. The minimum absolute atomic E-state index is 0.0107. The van der Waals surface area contributed by atoms with Crippen molar-refractivity contribution < 1.29 is 9.59 Å². The zero-order valence-corrected chi connectivity index (χ0v) is 13.9. The normalized spacial score (nSPS) is 23.5. The first-order chi connectivity index (χ1) is 11.5. The summed E-state index contributed by atoms with van der Waals surface area (Å²) < 4.78 is 1.44. The van der Waals surface area contributed by atoms with E-state index in [1.165, 1.54) is 15.4 Å². The number of aromatic nitrogens is 2. The van der Waals surface area contributed by atoms with Crippen molar-refractivity contribution >= 4 is 29.3 Å². The van der Waals surface area contributed by atoms with E-state index in [0.717, 1.165) is 11.3 Å². The van der Waals surface area contributed by atoms with Crippen molar-refractivity contribution in [2.45, 2.75) is 25.4 Å². The smallest absolute Gasteiger partial charge is 0.322 e. The first-order valence-corrected chi connectivity index (χ1v) is 8.85. The Morgan fingerprint density at radius 3 is 2.92 bits per heavy atom. The average Bonchev–Trinajstić information content (AvgIpc) is 3.08. The number of carbonyl (C=O) groups excluding carboxylic acids is 2. The molecule has 0 bridgehead atoms. The molecule has 1 spiro atoms. The van der Waals surface area contributed by atoms with Crippen LogP contribution in [0.1, 0.15) is 17.7 Å². The number of imide groups is 1. The molecule has 0 saturated carbocycles. The van der Waals surface area contributed by atoms with Gasteiger partial charge in [0.1, 0.15) is 11.2 Å². The highest BCUT2D eigenvalue weighted by Crippen LogP contribution is 2.33. The van der Waals surface area contributed by atoms with Crippen molar-refractivity contribution in [3.63, 3.8) is 0 Å². The van der Waals surface area contributed by atoms with Gasteiger partial charge in [0, 0.05) is 18.0 Å². The number of pyridine rings is 1. The van der Waals surface area contributed by atoms with Crippen molar-refractivity contribution in [1.82, 2.24) is 19.6 Å². The van der Waals surface area contributed by atoms with Crippen LogP contribution in [0.2, 0.25) is 0 Å². The third-order valence-electron chi connectivity index (χ3n) is 4.46. The molecule has 1 N–H and O–H groups in total. The molecule has 1 atom stereocenters. The fourth-order valence-corrected chi connectivity index (χ4v) is 4.47. The number of hydrogen-bond donors (Lipinski definition) is 1. The lowest BCUT2D eigenvalue weighted by Gasteiger charge is -2.19. The summed E-state index contributed by atoms with van der Waals surface area (Å²) in [5.41, 5.74) is 0.904. The molecular formula is C16H16N4O3S. The van der Waals surface area contributed by atoms with Crippen LogP contribution in [0.4, 0.5) is 4.79 Å². The van der Waals surface area contributed by atoms with E-state index < -0.39 is 11.6 Å². The van der Waals surface area contributed by atoms with Gasteiger partial charge in [-0.3, -0.25) is 18.9 Å². The molecule has 4 rings (SSSR count). The summed E-state index contributed by atoms with van der Waals surface area (Å²) in [5, 5.41) is 2.82. The average molecular weight is 344 g/mol. The van der Waals surface area contributed by atoms with Crippen molar-refractivity contribution in [1.29, 1.82) is 0 Å². The number of aryl methyl sites for hydroxylation is 1. The molecule has 2 aliphatic heterocycles. The van der Waals surface area contributed by atoms with Crippen LogP contribution in [0.15, 0.2) is 29.2 Å². The number of fused-ring (bicyclic) bond motifs is 1. The predicted molar refractivity (Wildman–Crippen MR) is 90.0 cm³/mol. The SMILES string of the molecule is Cc1ccn2c(=O)cc(CN3C(=O)N[C@@]4(CCSC4)C3=O)nc2c1. The second-order valence-corrected chi connectivity index (χ2v) is 7.33. The van der Waals surface area contributed by atoms with Gasteiger partial charge < -0.3 is 5.32 Å². The van der Waals surface area contributed by atoms with E-state index in [4.69, 9.17) is 0 Å². The molecule has 24 heavy (non-hydrogen) atoms. The predicted octanol–water partition coefficient (Wildman–Crippen LogP) is 0.930. The maximum atomic E-state index is 12.7. The topological polar surface area (TPSA) is 83.8 Å². The van der Waals surface area contributed by atoms with Crippen molar-refractivity contribution in [3.8, 4) is 0 Å². The first-order valence-electron chi connectivity index (χ1n) is 7.69. The summed E-state index contributed by atoms with van der Waals surface area (Å²) in [5.74, 6) is 1.24. The number of amides is 3. The largest absolute Gasteiger partial charge is 0.325 e. The Labute approximate surface area is 142 Å². The van der Waals surface area contributed by atoms with E-state index in [2.05, 4.69) is 10.3 Å². The maximum Gasteiger partial charge on any atom is 0.325 e. The second-order valence-electron chi connectivity index (χ2n) is 6.22. The van der Waals surface area contributed by atoms with Gasteiger partial charge in [0.05, 0.1) is 12.2 Å². The summed E-state index contributed by atoms with van der Waals surface area (Å²) in [4.78, 5) is 42.7. The van der Waals surface area contributed by atoms with Crippen LogP contribution in [0.3, 0.4) is 0 Å². The Bertz CT molecular complexity index is 917. The molecule has 2 aliphatic rings. The lowest BCUT2D eigenvalue weighted by molar-refractivity contribution is -0.130. The number of urea groups is 1. The summed E-state index contributed by atoms with van der Waals surface area (Å²) >= 11 is 1.66. The Morgan fingerprint density at radius 2 is 2.17 bits per heavy atom. The third kappa shape index (κ3) is 2.29. The van der Waals surface area contributed by atoms with Crippen molar-refractivity contribution in [3.05, 3.63) is 46.0 Å². The molecule has 0 aliphatic carbocycles. The molecular weight excluding hydrogens is 328 g/mol. The van der Waals surface area contributed by atoms with Gasteiger partial charge in [-0.25, -0.2) is 9.78 Å². The number of nitrogens with zero attached hydrogens (tertiary/aromatic N) is 3. The van der Waals surface area contributed by atoms with Crippen molar-refractivity contribution in [2.75, 3.05) is 11.5 Å². The molecule has 3 amide bonds. The molecule has 2 aromatic heterocycles. The number of nitrogens with one attached hydrogen (secondary N) is 1. The molecule has 8 heteroatoms. The van der Waals surface area contributed by atoms with Crippen LogP contribution in [0.5, 0.6) is 0 Å². The van der Waals surface area contributed by atoms with Crippen LogP contribution >= 0.6 is 11.8 Å². The van der Waals surface area contributed by atoms with E-state index in [-0.39, 0.29) is 18.0 Å². The molecule has 2 fully saturated rings. The number of thioether (sulfide) groups is 1. The summed E-state index contributed by atoms with van der Waals surface area (Å²) in [6.07, 6.45) is 2.31. The lowest BCUT2D eigenvalue weighted by atomic mass is 9.99. The summed E-state index contributed by atoms with van der Waals surface area (Å²) in [7, 11) is 0. The van der Waals surface area contributed by atoms with Crippen molar-refractivity contribution in [2.24, 2.45) is 0 Å². The van der Waals surface area contributed by atoms with E-state index in [1.54, 1.807) is 24.0 Å². The van der Waals surface area contributed by atoms with E-state index >= 15 is 0 Å². The molecule has 2 saturated heterocycles. The second kappa shape index (κ2) is 5.34. The van der Waals surface area contributed by atoms with E-state index in [9.17, 15) is 14.4 Å². The highest BCUT2D eigenvalue weighted by atomic mass is 32.2. The van der Waals surface area contributed by atoms with Gasteiger partial charge in [0.25, 0.3) is 11.5 Å². The zero-order valence-electron chi connectivity index (χ0n) is 13.1. The van der Waals surface area contributed by atoms with Crippen LogP contribution in [-0.2, 0) is 11.3 Å². The molecule has 0 aromatic carbocycles. The van der Waals surface area contributed by atoms with Crippen LogP contribution < -0.4 is 10.9 Å².